The number of carbonyl (C=O) groups excluding carboxylic acids is 2. The second kappa shape index (κ2) is 6.88. The first-order chi connectivity index (χ1) is 13.7. The largest absolute Gasteiger partial charge is 0.441 e. The van der Waals surface area contributed by atoms with Crippen molar-refractivity contribution in [1.29, 1.82) is 0 Å². The Labute approximate surface area is 169 Å². The summed E-state index contributed by atoms with van der Waals surface area (Å²) in [5.41, 5.74) is 4.33. The molecule has 148 valence electrons. The van der Waals surface area contributed by atoms with Crippen LogP contribution in [-0.2, 0) is 21.4 Å². The minimum Gasteiger partial charge on any atom is -0.441 e. The fourth-order valence-electron chi connectivity index (χ4n) is 3.42. The van der Waals surface area contributed by atoms with Crippen LogP contribution in [0.1, 0.15) is 36.4 Å². The number of fused-ring (bicyclic) bond motifs is 1. The first-order valence-corrected chi connectivity index (χ1v) is 9.53. The van der Waals surface area contributed by atoms with Crippen LogP contribution in [0.3, 0.4) is 0 Å². The zero-order chi connectivity index (χ0) is 20.8. The van der Waals surface area contributed by atoms with E-state index in [1.165, 1.54) is 0 Å². The summed E-state index contributed by atoms with van der Waals surface area (Å²) in [6.07, 6.45) is 0.110. The van der Waals surface area contributed by atoms with Gasteiger partial charge in [0.1, 0.15) is 5.76 Å². The van der Waals surface area contributed by atoms with Crippen molar-refractivity contribution in [3.63, 3.8) is 0 Å². The van der Waals surface area contributed by atoms with Gasteiger partial charge in [-0.3, -0.25) is 9.59 Å². The van der Waals surface area contributed by atoms with E-state index in [-0.39, 0.29) is 18.2 Å². The number of hydrogen-bond donors (Lipinski definition) is 2. The molecule has 0 fully saturated rings. The number of amides is 2. The molecule has 0 saturated heterocycles. The second-order valence-corrected chi connectivity index (χ2v) is 7.95. The zero-order valence-electron chi connectivity index (χ0n) is 16.9. The number of carbonyl (C=O) groups is 2. The topological polar surface area (TPSA) is 84.2 Å². The van der Waals surface area contributed by atoms with E-state index in [9.17, 15) is 9.59 Å². The third kappa shape index (κ3) is 3.53. The van der Waals surface area contributed by atoms with E-state index >= 15 is 0 Å². The molecule has 0 saturated carbocycles. The number of aryl methyl sites for hydroxylation is 2. The van der Waals surface area contributed by atoms with Crippen LogP contribution >= 0.6 is 0 Å². The van der Waals surface area contributed by atoms with E-state index in [0.29, 0.717) is 23.0 Å². The van der Waals surface area contributed by atoms with E-state index < -0.39 is 5.41 Å². The molecule has 1 aliphatic heterocycles. The molecule has 0 atom stereocenters. The molecule has 0 radical (unpaired) electrons. The van der Waals surface area contributed by atoms with Crippen molar-refractivity contribution < 1.29 is 14.0 Å². The smallest absolute Gasteiger partial charge is 0.234 e. The van der Waals surface area contributed by atoms with Gasteiger partial charge in [-0.2, -0.15) is 0 Å². The highest BCUT2D eigenvalue weighted by Crippen LogP contribution is 2.38. The third-order valence-corrected chi connectivity index (χ3v) is 5.31. The molecule has 1 aromatic heterocycles. The maximum Gasteiger partial charge on any atom is 0.234 e. The van der Waals surface area contributed by atoms with Gasteiger partial charge in [-0.15, -0.1) is 0 Å². The molecule has 2 heterocycles. The van der Waals surface area contributed by atoms with Gasteiger partial charge < -0.3 is 15.1 Å². The summed E-state index contributed by atoms with van der Waals surface area (Å²) in [5, 5.41) is 5.76. The lowest BCUT2D eigenvalue weighted by molar-refractivity contribution is -0.119. The highest BCUT2D eigenvalue weighted by molar-refractivity contribution is 6.06. The molecule has 2 N–H and O–H groups in total. The molecule has 6 nitrogen and oxygen atoms in total. The summed E-state index contributed by atoms with van der Waals surface area (Å²) >= 11 is 0. The monoisotopic (exact) mass is 389 g/mol. The average molecular weight is 389 g/mol. The molecule has 29 heavy (non-hydrogen) atoms. The highest BCUT2D eigenvalue weighted by Gasteiger charge is 2.38. The molecular weight excluding hydrogens is 366 g/mol. The van der Waals surface area contributed by atoms with Crippen LogP contribution in [0.4, 0.5) is 11.4 Å². The van der Waals surface area contributed by atoms with E-state index in [1.807, 2.05) is 64.1 Å². The Bertz CT molecular complexity index is 1110. The Morgan fingerprint density at radius 2 is 1.86 bits per heavy atom. The van der Waals surface area contributed by atoms with Crippen LogP contribution in [-0.4, -0.2) is 16.8 Å². The quantitative estimate of drug-likeness (QED) is 0.694. The molecule has 2 amide bonds. The maximum absolute atomic E-state index is 12.6. The molecule has 4 rings (SSSR count). The number of anilines is 2. The van der Waals surface area contributed by atoms with Crippen molar-refractivity contribution in [3.8, 4) is 11.5 Å². The van der Waals surface area contributed by atoms with Gasteiger partial charge in [0.25, 0.3) is 0 Å². The SMILES string of the molecule is Cc1ccc(-c2nc(CC(=O)Nc3ccc4c(c3)C(C)(C)C(=O)N4)c(C)o2)cc1. The fraction of sp³-hybridized carbons (Fsp3) is 0.261. The minimum atomic E-state index is -0.623. The van der Waals surface area contributed by atoms with E-state index in [4.69, 9.17) is 4.42 Å². The predicted molar refractivity (Wildman–Crippen MR) is 112 cm³/mol. The van der Waals surface area contributed by atoms with Crippen molar-refractivity contribution in [2.24, 2.45) is 0 Å². The molecular formula is C23H23N3O3. The van der Waals surface area contributed by atoms with Crippen LogP contribution in [0, 0.1) is 13.8 Å². The van der Waals surface area contributed by atoms with Crippen molar-refractivity contribution in [1.82, 2.24) is 4.98 Å². The van der Waals surface area contributed by atoms with Gasteiger partial charge in [0, 0.05) is 16.9 Å². The molecule has 3 aromatic rings. The van der Waals surface area contributed by atoms with Crippen LogP contribution in [0.15, 0.2) is 46.9 Å². The lowest BCUT2D eigenvalue weighted by Crippen LogP contribution is -2.27. The van der Waals surface area contributed by atoms with Gasteiger partial charge in [-0.25, -0.2) is 4.98 Å². The van der Waals surface area contributed by atoms with Gasteiger partial charge in [0.15, 0.2) is 0 Å². The lowest BCUT2D eigenvalue weighted by Gasteiger charge is -2.16. The van der Waals surface area contributed by atoms with Gasteiger partial charge in [0.05, 0.1) is 17.5 Å². The van der Waals surface area contributed by atoms with Gasteiger partial charge in [0.2, 0.25) is 17.7 Å². The van der Waals surface area contributed by atoms with Gasteiger partial charge in [-0.1, -0.05) is 17.7 Å². The van der Waals surface area contributed by atoms with Crippen molar-refractivity contribution in [2.75, 3.05) is 10.6 Å². The number of hydrogen-bond acceptors (Lipinski definition) is 4. The summed E-state index contributed by atoms with van der Waals surface area (Å²) in [6, 6.07) is 13.3. The first-order valence-electron chi connectivity index (χ1n) is 9.53. The number of oxazole rings is 1. The van der Waals surface area contributed by atoms with Gasteiger partial charge >= 0.3 is 0 Å². The first kappa shape index (κ1) is 18.9. The molecule has 2 aromatic carbocycles. The second-order valence-electron chi connectivity index (χ2n) is 7.95. The molecule has 0 aliphatic carbocycles. The number of benzene rings is 2. The standard InChI is InChI=1S/C23H23N3O3/c1-13-5-7-15(8-6-13)21-25-19(14(2)29-21)12-20(27)24-16-9-10-18-17(11-16)23(3,4)22(28)26-18/h5-11H,12H2,1-4H3,(H,24,27)(H,26,28). The fourth-order valence-corrected chi connectivity index (χ4v) is 3.42. The van der Waals surface area contributed by atoms with Crippen LogP contribution < -0.4 is 10.6 Å². The Morgan fingerprint density at radius 3 is 2.59 bits per heavy atom. The summed E-state index contributed by atoms with van der Waals surface area (Å²) in [6.45, 7) is 7.56. The number of nitrogens with one attached hydrogen (secondary N) is 2. The third-order valence-electron chi connectivity index (χ3n) is 5.31. The number of nitrogens with zero attached hydrogens (tertiary/aromatic N) is 1. The predicted octanol–water partition coefficient (Wildman–Crippen LogP) is 4.37. The van der Waals surface area contributed by atoms with E-state index in [2.05, 4.69) is 15.6 Å². The molecule has 0 spiro atoms. The molecule has 1 aliphatic rings. The van der Waals surface area contributed by atoms with Gasteiger partial charge in [-0.05, 0) is 63.6 Å². The van der Waals surface area contributed by atoms with Crippen LogP contribution in [0.5, 0.6) is 0 Å². The van der Waals surface area contributed by atoms with Crippen molar-refractivity contribution in [3.05, 3.63) is 65.0 Å². The van der Waals surface area contributed by atoms with E-state index in [1.54, 1.807) is 6.07 Å². The number of aromatic nitrogens is 1. The molecule has 6 heteroatoms. The summed E-state index contributed by atoms with van der Waals surface area (Å²) in [4.78, 5) is 29.2. The number of rotatable bonds is 4. The Hall–Kier alpha value is -3.41. The minimum absolute atomic E-state index is 0.0437. The lowest BCUT2D eigenvalue weighted by atomic mass is 9.86. The average Bonchev–Trinajstić information content (AvgIpc) is 3.13. The van der Waals surface area contributed by atoms with Crippen molar-refractivity contribution >= 4 is 23.2 Å². The zero-order valence-corrected chi connectivity index (χ0v) is 16.9. The van der Waals surface area contributed by atoms with Crippen LogP contribution in [0.2, 0.25) is 0 Å². The van der Waals surface area contributed by atoms with Crippen LogP contribution in [0.25, 0.3) is 11.5 Å². The Balaban J connectivity index is 1.49. The summed E-state index contributed by atoms with van der Waals surface area (Å²) in [5.74, 6) is 0.902. The summed E-state index contributed by atoms with van der Waals surface area (Å²) < 4.78 is 5.75. The maximum atomic E-state index is 12.6. The Kier molecular flexibility index (Phi) is 4.49. The molecule has 0 unspecified atom stereocenters. The highest BCUT2D eigenvalue weighted by atomic mass is 16.4. The Morgan fingerprint density at radius 1 is 1.14 bits per heavy atom. The van der Waals surface area contributed by atoms with Crippen molar-refractivity contribution in [2.45, 2.75) is 39.5 Å². The molecule has 0 bridgehead atoms. The summed E-state index contributed by atoms with van der Waals surface area (Å²) in [7, 11) is 0. The van der Waals surface area contributed by atoms with E-state index in [0.717, 1.165) is 22.4 Å². The normalized spacial score (nSPS) is 14.4.